The van der Waals surface area contributed by atoms with Crippen molar-refractivity contribution in [3.8, 4) is 11.6 Å². The molecule has 25 heavy (non-hydrogen) atoms. The molecular weight excluding hydrogens is 312 g/mol. The van der Waals surface area contributed by atoms with Gasteiger partial charge in [-0.2, -0.15) is 5.10 Å². The van der Waals surface area contributed by atoms with Gasteiger partial charge < -0.3 is 9.84 Å². The highest BCUT2D eigenvalue weighted by molar-refractivity contribution is 5.42. The van der Waals surface area contributed by atoms with Crippen molar-refractivity contribution in [3.63, 3.8) is 0 Å². The van der Waals surface area contributed by atoms with Crippen molar-refractivity contribution in [2.24, 2.45) is 17.8 Å². The van der Waals surface area contributed by atoms with Crippen LogP contribution >= 0.6 is 0 Å². The zero-order valence-corrected chi connectivity index (χ0v) is 14.8. The Morgan fingerprint density at radius 3 is 2.40 bits per heavy atom. The largest absolute Gasteiger partial charge is 0.493 e. The summed E-state index contributed by atoms with van der Waals surface area (Å²) in [4.78, 5) is 0. The molecule has 1 aromatic carbocycles. The molecule has 4 fully saturated rings. The van der Waals surface area contributed by atoms with Gasteiger partial charge in [-0.15, -0.1) is 0 Å². The zero-order chi connectivity index (χ0) is 17.0. The van der Waals surface area contributed by atoms with Crippen LogP contribution in [0, 0.1) is 24.7 Å². The van der Waals surface area contributed by atoms with Crippen LogP contribution in [0.1, 0.15) is 49.8 Å². The predicted octanol–water partition coefficient (Wildman–Crippen LogP) is 4.37. The van der Waals surface area contributed by atoms with Crippen molar-refractivity contribution in [2.45, 2.75) is 57.7 Å². The van der Waals surface area contributed by atoms with E-state index in [-0.39, 0.29) is 11.5 Å². The third-order valence-corrected chi connectivity index (χ3v) is 6.59. The van der Waals surface area contributed by atoms with E-state index in [1.54, 1.807) is 10.7 Å². The van der Waals surface area contributed by atoms with Crippen LogP contribution in [0.5, 0.6) is 5.88 Å². The Balaban J connectivity index is 1.34. The smallest absolute Gasteiger partial charge is 0.214 e. The molecule has 4 aliphatic carbocycles. The first-order valence-electron chi connectivity index (χ1n) is 9.58. The number of rotatable bonds is 4. The van der Waals surface area contributed by atoms with Gasteiger partial charge in [0.15, 0.2) is 0 Å². The van der Waals surface area contributed by atoms with Gasteiger partial charge in [-0.1, -0.05) is 18.2 Å². The second-order valence-corrected chi connectivity index (χ2v) is 8.58. The fraction of sp³-hybridized carbons (Fsp3) is 0.571. The highest BCUT2D eigenvalue weighted by Gasteiger charge is 2.51. The molecule has 1 heterocycles. The molecular formula is C21H26N2O2. The Bertz CT molecular complexity index is 760. The molecule has 0 saturated heterocycles. The first kappa shape index (κ1) is 15.4. The maximum atomic E-state index is 10.3. The average molecular weight is 338 g/mol. The average Bonchev–Trinajstić information content (AvgIpc) is 2.93. The van der Waals surface area contributed by atoms with Crippen molar-refractivity contribution in [3.05, 3.63) is 41.6 Å². The molecule has 4 heteroatoms. The number of para-hydroxylation sites is 1. The summed E-state index contributed by atoms with van der Waals surface area (Å²) < 4.78 is 8.09. The molecule has 4 bridgehead atoms. The molecule has 0 spiro atoms. The van der Waals surface area contributed by atoms with Gasteiger partial charge in [0.25, 0.3) is 0 Å². The van der Waals surface area contributed by atoms with Crippen LogP contribution in [0.2, 0.25) is 0 Å². The SMILES string of the molecule is Cc1ccccc1-n1nc(COC23CC4CC(CC(C4)C2)C3)cc1O. The van der Waals surface area contributed by atoms with Crippen molar-refractivity contribution in [2.75, 3.05) is 0 Å². The van der Waals surface area contributed by atoms with Crippen molar-refractivity contribution < 1.29 is 9.84 Å². The normalized spacial score (nSPS) is 33.1. The number of aryl methyl sites for hydroxylation is 1. The number of aromatic nitrogens is 2. The van der Waals surface area contributed by atoms with Gasteiger partial charge in [-0.25, -0.2) is 4.68 Å². The molecule has 132 valence electrons. The molecule has 0 atom stereocenters. The Hall–Kier alpha value is -1.81. The second-order valence-electron chi connectivity index (χ2n) is 8.58. The van der Waals surface area contributed by atoms with E-state index in [1.165, 1.54) is 38.5 Å². The van der Waals surface area contributed by atoms with Gasteiger partial charge >= 0.3 is 0 Å². The highest BCUT2D eigenvalue weighted by Crippen LogP contribution is 2.57. The molecule has 0 radical (unpaired) electrons. The molecule has 1 N–H and O–H groups in total. The summed E-state index contributed by atoms with van der Waals surface area (Å²) >= 11 is 0. The quantitative estimate of drug-likeness (QED) is 0.900. The summed E-state index contributed by atoms with van der Waals surface area (Å²) in [7, 11) is 0. The lowest BCUT2D eigenvalue weighted by molar-refractivity contribution is -0.169. The van der Waals surface area contributed by atoms with Gasteiger partial charge in [0, 0.05) is 6.07 Å². The van der Waals surface area contributed by atoms with E-state index in [0.29, 0.717) is 6.61 Å². The van der Waals surface area contributed by atoms with E-state index in [4.69, 9.17) is 4.74 Å². The minimum atomic E-state index is 0.0802. The minimum Gasteiger partial charge on any atom is -0.493 e. The molecule has 0 amide bonds. The lowest BCUT2D eigenvalue weighted by atomic mass is 9.54. The van der Waals surface area contributed by atoms with Crippen molar-refractivity contribution >= 4 is 0 Å². The fourth-order valence-corrected chi connectivity index (χ4v) is 5.90. The van der Waals surface area contributed by atoms with E-state index in [0.717, 1.165) is 34.7 Å². The van der Waals surface area contributed by atoms with Crippen LogP contribution in [0.15, 0.2) is 30.3 Å². The molecule has 1 aromatic heterocycles. The van der Waals surface area contributed by atoms with Gasteiger partial charge in [0.1, 0.15) is 0 Å². The Morgan fingerprint density at radius 1 is 1.12 bits per heavy atom. The van der Waals surface area contributed by atoms with Crippen LogP contribution < -0.4 is 0 Å². The van der Waals surface area contributed by atoms with E-state index < -0.39 is 0 Å². The molecule has 4 nitrogen and oxygen atoms in total. The Kier molecular flexibility index (Phi) is 3.46. The second kappa shape index (κ2) is 5.60. The standard InChI is InChI=1S/C21H26N2O2/c1-14-4-2-3-5-19(14)23-20(24)9-18(22-23)13-25-21-10-15-6-16(11-21)8-17(7-15)12-21/h2-5,9,15-17,24H,6-8,10-13H2,1H3. The summed E-state index contributed by atoms with van der Waals surface area (Å²) in [5.41, 5.74) is 2.91. The van der Waals surface area contributed by atoms with Crippen LogP contribution in [-0.4, -0.2) is 20.5 Å². The topological polar surface area (TPSA) is 47.3 Å². The molecule has 0 aliphatic heterocycles. The highest BCUT2D eigenvalue weighted by atomic mass is 16.5. The maximum Gasteiger partial charge on any atom is 0.214 e. The summed E-state index contributed by atoms with van der Waals surface area (Å²) in [6.07, 6.45) is 7.94. The van der Waals surface area contributed by atoms with E-state index in [9.17, 15) is 5.11 Å². The lowest BCUT2D eigenvalue weighted by Gasteiger charge is -2.56. The molecule has 4 saturated carbocycles. The number of hydrogen-bond acceptors (Lipinski definition) is 3. The lowest BCUT2D eigenvalue weighted by Crippen LogP contribution is -2.51. The number of aromatic hydroxyl groups is 1. The predicted molar refractivity (Wildman–Crippen MR) is 95.7 cm³/mol. The maximum absolute atomic E-state index is 10.3. The molecule has 6 rings (SSSR count). The number of hydrogen-bond donors (Lipinski definition) is 1. The van der Waals surface area contributed by atoms with E-state index >= 15 is 0 Å². The summed E-state index contributed by atoms with van der Waals surface area (Å²) in [6, 6.07) is 9.71. The fourth-order valence-electron chi connectivity index (χ4n) is 5.90. The zero-order valence-electron chi connectivity index (χ0n) is 14.8. The summed E-state index contributed by atoms with van der Waals surface area (Å²) in [6.45, 7) is 2.53. The first-order valence-corrected chi connectivity index (χ1v) is 9.58. The van der Waals surface area contributed by atoms with Gasteiger partial charge in [0.2, 0.25) is 5.88 Å². The van der Waals surface area contributed by atoms with Crippen LogP contribution in [-0.2, 0) is 11.3 Å². The third kappa shape index (κ3) is 2.67. The van der Waals surface area contributed by atoms with Gasteiger partial charge in [-0.05, 0) is 74.8 Å². The number of nitrogens with zero attached hydrogens (tertiary/aromatic N) is 2. The third-order valence-electron chi connectivity index (χ3n) is 6.59. The molecule has 4 aliphatic rings. The minimum absolute atomic E-state index is 0.0802. The summed E-state index contributed by atoms with van der Waals surface area (Å²) in [5.74, 6) is 2.82. The van der Waals surface area contributed by atoms with Gasteiger partial charge in [0.05, 0.1) is 23.6 Å². The molecule has 0 unspecified atom stereocenters. The summed E-state index contributed by atoms with van der Waals surface area (Å²) in [5, 5.41) is 14.9. The molecule has 2 aromatic rings. The number of benzene rings is 1. The Morgan fingerprint density at radius 2 is 1.76 bits per heavy atom. The first-order chi connectivity index (χ1) is 12.1. The van der Waals surface area contributed by atoms with Crippen LogP contribution in [0.4, 0.5) is 0 Å². The van der Waals surface area contributed by atoms with Gasteiger partial charge in [-0.3, -0.25) is 0 Å². The number of ether oxygens (including phenoxy) is 1. The van der Waals surface area contributed by atoms with E-state index in [1.807, 2.05) is 31.2 Å². The Labute approximate surface area is 148 Å². The van der Waals surface area contributed by atoms with Crippen molar-refractivity contribution in [1.82, 2.24) is 9.78 Å². The van der Waals surface area contributed by atoms with E-state index in [2.05, 4.69) is 5.10 Å². The van der Waals surface area contributed by atoms with Crippen molar-refractivity contribution in [1.29, 1.82) is 0 Å². The van der Waals surface area contributed by atoms with Crippen LogP contribution in [0.25, 0.3) is 5.69 Å². The van der Waals surface area contributed by atoms with Crippen LogP contribution in [0.3, 0.4) is 0 Å². The monoisotopic (exact) mass is 338 g/mol.